The van der Waals surface area contributed by atoms with Gasteiger partial charge in [-0.15, -0.1) is 0 Å². The normalized spacial score (nSPS) is 18.4. The van der Waals surface area contributed by atoms with Crippen LogP contribution in [-0.2, 0) is 0 Å². The first kappa shape index (κ1) is 14.5. The fourth-order valence-electron chi connectivity index (χ4n) is 2.93. The van der Waals surface area contributed by atoms with E-state index in [0.29, 0.717) is 6.04 Å². The van der Waals surface area contributed by atoms with Crippen molar-refractivity contribution in [2.75, 3.05) is 26.2 Å². The average Bonchev–Trinajstić information content (AvgIpc) is 2.46. The third-order valence-electron chi connectivity index (χ3n) is 4.11. The van der Waals surface area contributed by atoms with Crippen molar-refractivity contribution in [1.82, 2.24) is 10.2 Å². The number of aryl methyl sites for hydroxylation is 1. The van der Waals surface area contributed by atoms with Crippen LogP contribution in [0.5, 0.6) is 0 Å². The predicted octanol–water partition coefficient (Wildman–Crippen LogP) is 3.52. The zero-order valence-corrected chi connectivity index (χ0v) is 12.5. The van der Waals surface area contributed by atoms with Crippen LogP contribution in [0.4, 0.5) is 0 Å². The minimum Gasteiger partial charge on any atom is -0.310 e. The zero-order valence-electron chi connectivity index (χ0n) is 12.5. The molecule has 0 radical (unpaired) electrons. The van der Waals surface area contributed by atoms with Gasteiger partial charge < -0.3 is 10.2 Å². The van der Waals surface area contributed by atoms with Gasteiger partial charge in [-0.2, -0.15) is 0 Å². The van der Waals surface area contributed by atoms with Crippen molar-refractivity contribution in [1.29, 1.82) is 0 Å². The molecule has 1 aromatic rings. The highest BCUT2D eigenvalue weighted by molar-refractivity contribution is 5.24. The van der Waals surface area contributed by atoms with Gasteiger partial charge in [-0.25, -0.2) is 0 Å². The van der Waals surface area contributed by atoms with Crippen molar-refractivity contribution < 1.29 is 0 Å². The maximum Gasteiger partial charge on any atom is 0.0332 e. The van der Waals surface area contributed by atoms with Crippen molar-refractivity contribution in [3.05, 3.63) is 35.4 Å². The number of hydrogen-bond donors (Lipinski definition) is 1. The summed E-state index contributed by atoms with van der Waals surface area (Å²) in [6.45, 7) is 9.21. The summed E-state index contributed by atoms with van der Waals surface area (Å²) >= 11 is 0. The van der Waals surface area contributed by atoms with Gasteiger partial charge in [0.2, 0.25) is 0 Å². The Kier molecular flexibility index (Phi) is 5.87. The number of piperidine rings is 1. The SMILES string of the molecule is CCNC(CCN1CCCCC1)c1ccc(C)cc1. The maximum atomic E-state index is 3.63. The lowest BCUT2D eigenvalue weighted by molar-refractivity contribution is 0.217. The van der Waals surface area contributed by atoms with Crippen LogP contribution in [0.1, 0.15) is 49.8 Å². The molecule has 0 aliphatic carbocycles. The van der Waals surface area contributed by atoms with Crippen molar-refractivity contribution in [3.63, 3.8) is 0 Å². The lowest BCUT2D eigenvalue weighted by atomic mass is 10.0. The highest BCUT2D eigenvalue weighted by Crippen LogP contribution is 2.19. The maximum absolute atomic E-state index is 3.63. The summed E-state index contributed by atoms with van der Waals surface area (Å²) in [4.78, 5) is 2.63. The second-order valence-corrected chi connectivity index (χ2v) is 5.71. The van der Waals surface area contributed by atoms with E-state index in [1.807, 2.05) is 0 Å². The topological polar surface area (TPSA) is 15.3 Å². The molecule has 1 aliphatic rings. The van der Waals surface area contributed by atoms with Gasteiger partial charge in [0.1, 0.15) is 0 Å². The van der Waals surface area contributed by atoms with Gasteiger partial charge >= 0.3 is 0 Å². The van der Waals surface area contributed by atoms with E-state index >= 15 is 0 Å². The fourth-order valence-corrected chi connectivity index (χ4v) is 2.93. The molecule has 1 N–H and O–H groups in total. The minimum atomic E-state index is 0.507. The smallest absolute Gasteiger partial charge is 0.0332 e. The molecule has 0 saturated carbocycles. The Morgan fingerprint density at radius 2 is 1.79 bits per heavy atom. The van der Waals surface area contributed by atoms with Crippen LogP contribution >= 0.6 is 0 Å². The summed E-state index contributed by atoms with van der Waals surface area (Å²) in [6, 6.07) is 9.51. The third-order valence-corrected chi connectivity index (χ3v) is 4.11. The van der Waals surface area contributed by atoms with Crippen molar-refractivity contribution in [3.8, 4) is 0 Å². The highest BCUT2D eigenvalue weighted by atomic mass is 15.1. The first-order chi connectivity index (χ1) is 9.29. The fraction of sp³-hybridized carbons (Fsp3) is 0.647. The molecule has 0 bridgehead atoms. The number of benzene rings is 1. The molecule has 1 aliphatic heterocycles. The molecule has 2 heteroatoms. The van der Waals surface area contributed by atoms with Crippen LogP contribution in [0.2, 0.25) is 0 Å². The molecule has 106 valence electrons. The quantitative estimate of drug-likeness (QED) is 0.842. The first-order valence-electron chi connectivity index (χ1n) is 7.82. The Morgan fingerprint density at radius 1 is 1.11 bits per heavy atom. The number of hydrogen-bond acceptors (Lipinski definition) is 2. The summed E-state index contributed by atoms with van der Waals surface area (Å²) in [5.74, 6) is 0. The third kappa shape index (κ3) is 4.63. The molecule has 0 aromatic heterocycles. The van der Waals surface area contributed by atoms with E-state index < -0.39 is 0 Å². The first-order valence-corrected chi connectivity index (χ1v) is 7.82. The molecule has 1 heterocycles. The van der Waals surface area contributed by atoms with E-state index in [9.17, 15) is 0 Å². The molecule has 2 nitrogen and oxygen atoms in total. The molecular weight excluding hydrogens is 232 g/mol. The van der Waals surface area contributed by atoms with Gasteiger partial charge in [0.15, 0.2) is 0 Å². The molecule has 1 saturated heterocycles. The van der Waals surface area contributed by atoms with Crippen LogP contribution in [0.25, 0.3) is 0 Å². The van der Waals surface area contributed by atoms with Gasteiger partial charge in [0.25, 0.3) is 0 Å². The van der Waals surface area contributed by atoms with Gasteiger partial charge in [-0.1, -0.05) is 43.2 Å². The van der Waals surface area contributed by atoms with E-state index in [1.165, 1.54) is 56.4 Å². The Labute approximate surface area is 118 Å². The molecule has 1 unspecified atom stereocenters. The van der Waals surface area contributed by atoms with E-state index in [4.69, 9.17) is 0 Å². The number of nitrogens with one attached hydrogen (secondary N) is 1. The highest BCUT2D eigenvalue weighted by Gasteiger charge is 2.14. The molecule has 1 aromatic carbocycles. The number of likely N-dealkylation sites (tertiary alicyclic amines) is 1. The molecule has 0 amide bonds. The van der Waals surface area contributed by atoms with E-state index in [2.05, 4.69) is 48.3 Å². The largest absolute Gasteiger partial charge is 0.310 e. The van der Waals surface area contributed by atoms with Crippen molar-refractivity contribution in [2.45, 2.75) is 45.6 Å². The molecule has 0 spiro atoms. The standard InChI is InChI=1S/C17H28N2/c1-3-18-17(16-9-7-15(2)8-10-16)11-14-19-12-5-4-6-13-19/h7-10,17-18H,3-6,11-14H2,1-2H3. The lowest BCUT2D eigenvalue weighted by Gasteiger charge is -2.28. The summed E-state index contributed by atoms with van der Waals surface area (Å²) in [7, 11) is 0. The van der Waals surface area contributed by atoms with E-state index in [0.717, 1.165) is 6.54 Å². The molecule has 19 heavy (non-hydrogen) atoms. The van der Waals surface area contributed by atoms with Crippen LogP contribution in [0.15, 0.2) is 24.3 Å². The Balaban J connectivity index is 1.89. The second-order valence-electron chi connectivity index (χ2n) is 5.71. The van der Waals surface area contributed by atoms with Gasteiger partial charge in [0.05, 0.1) is 0 Å². The van der Waals surface area contributed by atoms with Crippen LogP contribution in [-0.4, -0.2) is 31.1 Å². The van der Waals surface area contributed by atoms with E-state index in [-0.39, 0.29) is 0 Å². The predicted molar refractivity (Wildman–Crippen MR) is 82.5 cm³/mol. The lowest BCUT2D eigenvalue weighted by Crippen LogP contribution is -2.33. The molecule has 1 fully saturated rings. The summed E-state index contributed by atoms with van der Waals surface area (Å²) in [5, 5.41) is 3.63. The average molecular weight is 260 g/mol. The molecule has 2 rings (SSSR count). The number of rotatable bonds is 6. The second kappa shape index (κ2) is 7.66. The van der Waals surface area contributed by atoms with Crippen molar-refractivity contribution in [2.24, 2.45) is 0 Å². The van der Waals surface area contributed by atoms with Gasteiger partial charge in [-0.3, -0.25) is 0 Å². The Bertz CT molecular complexity index is 352. The van der Waals surface area contributed by atoms with Gasteiger partial charge in [0, 0.05) is 6.04 Å². The molecule has 1 atom stereocenters. The zero-order chi connectivity index (χ0) is 13.5. The van der Waals surface area contributed by atoms with Gasteiger partial charge in [-0.05, 0) is 57.9 Å². The minimum absolute atomic E-state index is 0.507. The van der Waals surface area contributed by atoms with E-state index in [1.54, 1.807) is 0 Å². The summed E-state index contributed by atoms with van der Waals surface area (Å²) in [5.41, 5.74) is 2.78. The van der Waals surface area contributed by atoms with Crippen LogP contribution in [0.3, 0.4) is 0 Å². The Morgan fingerprint density at radius 3 is 2.42 bits per heavy atom. The number of nitrogens with zero attached hydrogens (tertiary/aromatic N) is 1. The van der Waals surface area contributed by atoms with Crippen LogP contribution < -0.4 is 5.32 Å². The summed E-state index contributed by atoms with van der Waals surface area (Å²) in [6.07, 6.45) is 5.41. The monoisotopic (exact) mass is 260 g/mol. The molecular formula is C17H28N2. The summed E-state index contributed by atoms with van der Waals surface area (Å²) < 4.78 is 0. The van der Waals surface area contributed by atoms with Crippen molar-refractivity contribution >= 4 is 0 Å². The van der Waals surface area contributed by atoms with Crippen LogP contribution in [0, 0.1) is 6.92 Å². The Hall–Kier alpha value is -0.860.